The molecule has 2 unspecified atom stereocenters. The summed E-state index contributed by atoms with van der Waals surface area (Å²) in [6.07, 6.45) is 9.74. The zero-order valence-corrected chi connectivity index (χ0v) is 20.8. The number of hydrogen-bond donors (Lipinski definition) is 0. The molecule has 2 atom stereocenters. The first kappa shape index (κ1) is 29.4. The van der Waals surface area contributed by atoms with E-state index < -0.39 is 0 Å². The van der Waals surface area contributed by atoms with Crippen LogP contribution in [0.25, 0.3) is 0 Å². The lowest BCUT2D eigenvalue weighted by Gasteiger charge is -2.35. The van der Waals surface area contributed by atoms with Crippen LogP contribution in [0.1, 0.15) is 94.9 Å². The molecule has 0 aromatic rings. The van der Waals surface area contributed by atoms with Gasteiger partial charge in [-0.3, -0.25) is 9.59 Å². The molecule has 0 aromatic carbocycles. The van der Waals surface area contributed by atoms with Gasteiger partial charge < -0.3 is 9.80 Å². The maximum atomic E-state index is 12.0. The SMILES string of the molecule is C.CC=C(C)C(=O)N1CCCC(C(C)C)C1.CC=C(C)C(=O)N1CCCC1CC(C)C. The Kier molecular flexibility index (Phi) is 13.7. The van der Waals surface area contributed by atoms with Crippen molar-refractivity contribution in [2.75, 3.05) is 19.6 Å². The molecule has 0 aromatic heterocycles. The second kappa shape index (κ2) is 14.5. The van der Waals surface area contributed by atoms with E-state index in [2.05, 4.69) is 32.6 Å². The molecule has 2 fully saturated rings. The number of hydrogen-bond acceptors (Lipinski definition) is 2. The average Bonchev–Trinajstić information content (AvgIpc) is 3.19. The summed E-state index contributed by atoms with van der Waals surface area (Å²) in [4.78, 5) is 28.1. The lowest BCUT2D eigenvalue weighted by molar-refractivity contribution is -0.129. The topological polar surface area (TPSA) is 40.6 Å². The number of amides is 2. The van der Waals surface area contributed by atoms with E-state index in [4.69, 9.17) is 0 Å². The van der Waals surface area contributed by atoms with Crippen molar-refractivity contribution in [1.82, 2.24) is 9.80 Å². The minimum Gasteiger partial charge on any atom is -0.339 e. The summed E-state index contributed by atoms with van der Waals surface area (Å²) in [6.45, 7) is 19.5. The fraction of sp³-hybridized carbons (Fsp3) is 0.778. The van der Waals surface area contributed by atoms with E-state index in [0.29, 0.717) is 23.8 Å². The van der Waals surface area contributed by atoms with Crippen LogP contribution in [0.15, 0.2) is 23.3 Å². The second-order valence-corrected chi connectivity index (χ2v) is 9.77. The Labute approximate surface area is 193 Å². The molecule has 2 saturated heterocycles. The zero-order valence-electron chi connectivity index (χ0n) is 20.8. The number of allylic oxidation sites excluding steroid dienone is 2. The van der Waals surface area contributed by atoms with E-state index in [1.807, 2.05) is 44.7 Å². The van der Waals surface area contributed by atoms with Gasteiger partial charge >= 0.3 is 0 Å². The number of piperidine rings is 1. The number of likely N-dealkylation sites (tertiary alicyclic amines) is 2. The van der Waals surface area contributed by atoms with Gasteiger partial charge in [0.25, 0.3) is 0 Å². The van der Waals surface area contributed by atoms with Gasteiger partial charge in [-0.15, -0.1) is 0 Å². The molecule has 31 heavy (non-hydrogen) atoms. The van der Waals surface area contributed by atoms with Gasteiger partial charge in [-0.05, 0) is 77.6 Å². The molecule has 0 aliphatic carbocycles. The van der Waals surface area contributed by atoms with Gasteiger partial charge in [-0.2, -0.15) is 0 Å². The molecule has 0 spiro atoms. The minimum absolute atomic E-state index is 0. The van der Waals surface area contributed by atoms with E-state index in [9.17, 15) is 9.59 Å². The molecule has 180 valence electrons. The van der Waals surface area contributed by atoms with Crippen molar-refractivity contribution < 1.29 is 9.59 Å². The predicted octanol–water partition coefficient (Wildman–Crippen LogP) is 6.47. The summed E-state index contributed by atoms with van der Waals surface area (Å²) >= 11 is 0. The normalized spacial score (nSPS) is 22.3. The quantitative estimate of drug-likeness (QED) is 0.465. The molecule has 2 amide bonds. The molecular formula is C27H50N2O2. The van der Waals surface area contributed by atoms with Gasteiger partial charge in [0.15, 0.2) is 0 Å². The third-order valence-electron chi connectivity index (χ3n) is 6.61. The molecule has 2 aliphatic rings. The number of carbonyl (C=O) groups excluding carboxylic acids is 2. The van der Waals surface area contributed by atoms with Gasteiger partial charge in [0, 0.05) is 36.8 Å². The lowest BCUT2D eigenvalue weighted by Crippen LogP contribution is -2.41. The molecule has 0 saturated carbocycles. The molecule has 4 nitrogen and oxygen atoms in total. The molecule has 2 aliphatic heterocycles. The van der Waals surface area contributed by atoms with Crippen LogP contribution in [0, 0.1) is 17.8 Å². The highest BCUT2D eigenvalue weighted by Gasteiger charge is 2.29. The molecule has 2 heterocycles. The first-order valence-electron chi connectivity index (χ1n) is 12.0. The zero-order chi connectivity index (χ0) is 22.8. The van der Waals surface area contributed by atoms with E-state index in [0.717, 1.165) is 43.6 Å². The largest absolute Gasteiger partial charge is 0.339 e. The Morgan fingerprint density at radius 1 is 0.903 bits per heavy atom. The van der Waals surface area contributed by atoms with Crippen molar-refractivity contribution in [2.45, 2.75) is 101 Å². The van der Waals surface area contributed by atoms with E-state index in [-0.39, 0.29) is 19.2 Å². The maximum Gasteiger partial charge on any atom is 0.249 e. The highest BCUT2D eigenvalue weighted by atomic mass is 16.2. The number of nitrogens with zero attached hydrogens (tertiary/aromatic N) is 2. The van der Waals surface area contributed by atoms with Crippen LogP contribution >= 0.6 is 0 Å². The van der Waals surface area contributed by atoms with Gasteiger partial charge in [0.1, 0.15) is 0 Å². The van der Waals surface area contributed by atoms with Crippen LogP contribution in [0.3, 0.4) is 0 Å². The summed E-state index contributed by atoms with van der Waals surface area (Å²) in [5, 5.41) is 0. The highest BCUT2D eigenvalue weighted by molar-refractivity contribution is 5.93. The number of carbonyl (C=O) groups is 2. The fourth-order valence-corrected chi connectivity index (χ4v) is 4.35. The van der Waals surface area contributed by atoms with E-state index in [1.54, 1.807) is 0 Å². The summed E-state index contributed by atoms with van der Waals surface area (Å²) in [6, 6.07) is 0.479. The van der Waals surface area contributed by atoms with E-state index in [1.165, 1.54) is 19.3 Å². The predicted molar refractivity (Wildman–Crippen MR) is 134 cm³/mol. The smallest absolute Gasteiger partial charge is 0.249 e. The van der Waals surface area contributed by atoms with Crippen molar-refractivity contribution in [3.63, 3.8) is 0 Å². The van der Waals surface area contributed by atoms with E-state index >= 15 is 0 Å². The Morgan fingerprint density at radius 3 is 1.97 bits per heavy atom. The van der Waals surface area contributed by atoms with Gasteiger partial charge in [0.2, 0.25) is 11.8 Å². The summed E-state index contributed by atoms with van der Waals surface area (Å²) in [5.41, 5.74) is 1.75. The third kappa shape index (κ3) is 9.21. The molecular weight excluding hydrogens is 384 g/mol. The van der Waals surface area contributed by atoms with Crippen LogP contribution in [-0.2, 0) is 9.59 Å². The lowest BCUT2D eigenvalue weighted by atomic mass is 9.87. The van der Waals surface area contributed by atoms with Crippen molar-refractivity contribution in [1.29, 1.82) is 0 Å². The Hall–Kier alpha value is -1.58. The van der Waals surface area contributed by atoms with Crippen molar-refractivity contribution >= 4 is 11.8 Å². The highest BCUT2D eigenvalue weighted by Crippen LogP contribution is 2.25. The summed E-state index contributed by atoms with van der Waals surface area (Å²) < 4.78 is 0. The molecule has 0 bridgehead atoms. The van der Waals surface area contributed by atoms with Crippen molar-refractivity contribution in [3.8, 4) is 0 Å². The van der Waals surface area contributed by atoms with Crippen LogP contribution in [0.4, 0.5) is 0 Å². The van der Waals surface area contributed by atoms with Crippen LogP contribution in [0.5, 0.6) is 0 Å². The van der Waals surface area contributed by atoms with Crippen LogP contribution in [0.2, 0.25) is 0 Å². The van der Waals surface area contributed by atoms with Crippen LogP contribution < -0.4 is 0 Å². The molecule has 4 heteroatoms. The standard InChI is InChI=1S/2C13H23NO.CH4/c1-5-11(4)13(15)14-8-6-7-12(9-14)10(2)3;1-5-11(4)13(15)14-8-6-7-12(14)9-10(2)3;/h2*5,10,12H,6-9H2,1-4H3;1H4. The first-order valence-corrected chi connectivity index (χ1v) is 12.0. The Morgan fingerprint density at radius 2 is 1.45 bits per heavy atom. The van der Waals surface area contributed by atoms with Gasteiger partial charge in [0.05, 0.1) is 0 Å². The molecule has 0 radical (unpaired) electrons. The van der Waals surface area contributed by atoms with Crippen molar-refractivity contribution in [3.05, 3.63) is 23.3 Å². The second-order valence-electron chi connectivity index (χ2n) is 9.77. The van der Waals surface area contributed by atoms with Crippen LogP contribution in [-0.4, -0.2) is 47.3 Å². The molecule has 0 N–H and O–H groups in total. The van der Waals surface area contributed by atoms with Gasteiger partial charge in [-0.25, -0.2) is 0 Å². The molecule has 2 rings (SSSR count). The fourth-order valence-electron chi connectivity index (χ4n) is 4.35. The average molecular weight is 435 g/mol. The van der Waals surface area contributed by atoms with Crippen molar-refractivity contribution in [2.24, 2.45) is 17.8 Å². The monoisotopic (exact) mass is 434 g/mol. The summed E-state index contributed by atoms with van der Waals surface area (Å²) in [7, 11) is 0. The minimum atomic E-state index is 0. The third-order valence-corrected chi connectivity index (χ3v) is 6.61. The maximum absolute atomic E-state index is 12.0. The summed E-state index contributed by atoms with van der Waals surface area (Å²) in [5.74, 6) is 2.51. The number of rotatable bonds is 5. The first-order chi connectivity index (χ1) is 14.1. The Bertz CT molecular complexity index is 619. The Balaban J connectivity index is 0.000000562. The van der Waals surface area contributed by atoms with Gasteiger partial charge in [-0.1, -0.05) is 47.3 Å².